The number of hydrogen-bond acceptors (Lipinski definition) is 5. The molecule has 8 nitrogen and oxygen atoms in total. The quantitative estimate of drug-likeness (QED) is 0.475. The first-order valence-corrected chi connectivity index (χ1v) is 9.21. The van der Waals surface area contributed by atoms with E-state index in [1.54, 1.807) is 12.1 Å². The molecule has 9 heteroatoms. The fraction of sp³-hybridized carbons (Fsp3) is 0.438. The minimum Gasteiger partial charge on any atom is -0.484 e. The maximum absolute atomic E-state index is 12.0. The molecule has 0 saturated carbocycles. The number of aryl methyl sites for hydroxylation is 1. The van der Waals surface area contributed by atoms with Crippen molar-refractivity contribution < 1.29 is 19.1 Å². The Morgan fingerprint density at radius 3 is 2.44 bits per heavy atom. The SMILES string of the molecule is CCc1ccc(OCC(=O)NNC(=O)[C@@H](CCSC)NC(N)=O)cc1. The summed E-state index contributed by atoms with van der Waals surface area (Å²) in [7, 11) is 0. The van der Waals surface area contributed by atoms with Gasteiger partial charge in [-0.3, -0.25) is 20.4 Å². The van der Waals surface area contributed by atoms with E-state index in [4.69, 9.17) is 10.5 Å². The van der Waals surface area contributed by atoms with E-state index in [1.807, 2.05) is 25.3 Å². The van der Waals surface area contributed by atoms with Crippen LogP contribution in [0.4, 0.5) is 4.79 Å². The molecule has 0 spiro atoms. The van der Waals surface area contributed by atoms with E-state index in [0.717, 1.165) is 6.42 Å². The average Bonchev–Trinajstić information content (AvgIpc) is 2.61. The van der Waals surface area contributed by atoms with E-state index in [9.17, 15) is 14.4 Å². The summed E-state index contributed by atoms with van der Waals surface area (Å²) in [5.41, 5.74) is 10.7. The highest BCUT2D eigenvalue weighted by atomic mass is 32.2. The minimum atomic E-state index is -0.812. The van der Waals surface area contributed by atoms with Gasteiger partial charge >= 0.3 is 6.03 Å². The number of rotatable bonds is 9. The Morgan fingerprint density at radius 2 is 1.88 bits per heavy atom. The Bertz CT molecular complexity index is 580. The molecule has 1 rings (SSSR count). The summed E-state index contributed by atoms with van der Waals surface area (Å²) in [6, 6.07) is 5.78. The summed E-state index contributed by atoms with van der Waals surface area (Å²) >= 11 is 1.53. The fourth-order valence-corrected chi connectivity index (χ4v) is 2.37. The summed E-state index contributed by atoms with van der Waals surface area (Å²) in [6.45, 7) is 1.80. The number of primary amides is 1. The molecule has 4 amide bonds. The van der Waals surface area contributed by atoms with Crippen LogP contribution in [0.15, 0.2) is 24.3 Å². The Morgan fingerprint density at radius 1 is 1.20 bits per heavy atom. The lowest BCUT2D eigenvalue weighted by atomic mass is 10.2. The zero-order valence-electron chi connectivity index (χ0n) is 14.3. The predicted octanol–water partition coefficient (Wildman–Crippen LogP) is 0.565. The molecule has 25 heavy (non-hydrogen) atoms. The number of amides is 4. The molecule has 5 N–H and O–H groups in total. The van der Waals surface area contributed by atoms with Crippen molar-refractivity contribution in [2.24, 2.45) is 5.73 Å². The topological polar surface area (TPSA) is 123 Å². The standard InChI is InChI=1S/C16H24N4O4S/c1-3-11-4-6-12(7-5-11)24-10-14(21)19-20-15(22)13(8-9-25-2)18-16(17)23/h4-7,13H,3,8-10H2,1-2H3,(H,19,21)(H,20,22)(H3,17,18,23)/t13-/m1/s1. The molecule has 0 bridgehead atoms. The average molecular weight is 368 g/mol. The van der Waals surface area contributed by atoms with Gasteiger partial charge in [-0.15, -0.1) is 0 Å². The molecule has 0 radical (unpaired) electrons. The lowest BCUT2D eigenvalue weighted by molar-refractivity contribution is -0.130. The van der Waals surface area contributed by atoms with Gasteiger partial charge in [0.1, 0.15) is 11.8 Å². The molecule has 0 fully saturated rings. The molecule has 0 heterocycles. The Kier molecular flexibility index (Phi) is 9.23. The van der Waals surface area contributed by atoms with Gasteiger partial charge in [-0.25, -0.2) is 4.79 Å². The van der Waals surface area contributed by atoms with Crippen LogP contribution in [-0.2, 0) is 16.0 Å². The maximum Gasteiger partial charge on any atom is 0.312 e. The molecule has 0 saturated heterocycles. The normalized spacial score (nSPS) is 11.3. The molecule has 1 aromatic carbocycles. The second-order valence-corrected chi connectivity index (χ2v) is 6.15. The summed E-state index contributed by atoms with van der Waals surface area (Å²) in [6.07, 6.45) is 3.20. The van der Waals surface area contributed by atoms with Gasteiger partial charge in [0.25, 0.3) is 11.8 Å². The molecular weight excluding hydrogens is 344 g/mol. The highest BCUT2D eigenvalue weighted by Gasteiger charge is 2.19. The van der Waals surface area contributed by atoms with Crippen molar-refractivity contribution in [3.63, 3.8) is 0 Å². The first-order chi connectivity index (χ1) is 12.0. The van der Waals surface area contributed by atoms with Gasteiger partial charge in [0.05, 0.1) is 0 Å². The van der Waals surface area contributed by atoms with Gasteiger partial charge in [-0.1, -0.05) is 19.1 Å². The number of nitrogens with one attached hydrogen (secondary N) is 3. The largest absolute Gasteiger partial charge is 0.484 e. The van der Waals surface area contributed by atoms with Crippen LogP contribution in [0, 0.1) is 0 Å². The third kappa shape index (κ3) is 8.30. The van der Waals surface area contributed by atoms with Crippen molar-refractivity contribution in [2.45, 2.75) is 25.8 Å². The second kappa shape index (κ2) is 11.2. The summed E-state index contributed by atoms with van der Waals surface area (Å²) in [4.78, 5) is 34.7. The Hall–Kier alpha value is -2.42. The van der Waals surface area contributed by atoms with Gasteiger partial charge in [0, 0.05) is 0 Å². The zero-order valence-corrected chi connectivity index (χ0v) is 15.2. The minimum absolute atomic E-state index is 0.246. The highest BCUT2D eigenvalue weighted by Crippen LogP contribution is 2.12. The number of benzene rings is 1. The zero-order chi connectivity index (χ0) is 18.7. The third-order valence-corrected chi connectivity index (χ3v) is 3.91. The van der Waals surface area contributed by atoms with E-state index >= 15 is 0 Å². The lowest BCUT2D eigenvalue weighted by Crippen LogP contribution is -2.54. The van der Waals surface area contributed by atoms with Crippen molar-refractivity contribution >= 4 is 29.6 Å². The van der Waals surface area contributed by atoms with Gasteiger partial charge < -0.3 is 15.8 Å². The van der Waals surface area contributed by atoms with E-state index in [1.165, 1.54) is 17.3 Å². The number of thioether (sulfide) groups is 1. The number of nitrogens with two attached hydrogens (primary N) is 1. The Balaban J connectivity index is 2.39. The predicted molar refractivity (Wildman–Crippen MR) is 97.1 cm³/mol. The highest BCUT2D eigenvalue weighted by molar-refractivity contribution is 7.98. The van der Waals surface area contributed by atoms with Crippen LogP contribution in [-0.4, -0.2) is 42.5 Å². The van der Waals surface area contributed by atoms with Crippen molar-refractivity contribution in [1.82, 2.24) is 16.2 Å². The fourth-order valence-electron chi connectivity index (χ4n) is 1.90. The number of urea groups is 1. The van der Waals surface area contributed by atoms with Crippen LogP contribution < -0.4 is 26.6 Å². The van der Waals surface area contributed by atoms with Gasteiger partial charge in [0.2, 0.25) is 0 Å². The summed E-state index contributed by atoms with van der Waals surface area (Å²) in [5.74, 6) is 0.152. The van der Waals surface area contributed by atoms with E-state index < -0.39 is 23.9 Å². The molecule has 0 aliphatic carbocycles. The monoisotopic (exact) mass is 368 g/mol. The summed E-state index contributed by atoms with van der Waals surface area (Å²) < 4.78 is 5.33. The first kappa shape index (κ1) is 20.6. The molecule has 1 aromatic rings. The van der Waals surface area contributed by atoms with Crippen LogP contribution in [0.1, 0.15) is 18.9 Å². The van der Waals surface area contributed by atoms with Crippen LogP contribution in [0.3, 0.4) is 0 Å². The van der Waals surface area contributed by atoms with Gasteiger partial charge in [0.15, 0.2) is 6.61 Å². The van der Waals surface area contributed by atoms with Gasteiger partial charge in [-0.2, -0.15) is 11.8 Å². The molecule has 0 aliphatic rings. The van der Waals surface area contributed by atoms with Crippen LogP contribution in [0.2, 0.25) is 0 Å². The van der Waals surface area contributed by atoms with Crippen molar-refractivity contribution in [3.05, 3.63) is 29.8 Å². The number of hydrogen-bond donors (Lipinski definition) is 4. The second-order valence-electron chi connectivity index (χ2n) is 5.17. The molecular formula is C16H24N4O4S. The van der Waals surface area contributed by atoms with Crippen LogP contribution in [0.25, 0.3) is 0 Å². The van der Waals surface area contributed by atoms with Crippen molar-refractivity contribution in [2.75, 3.05) is 18.6 Å². The number of carbonyl (C=O) groups is 3. The smallest absolute Gasteiger partial charge is 0.312 e. The van der Waals surface area contributed by atoms with Crippen LogP contribution in [0.5, 0.6) is 5.75 Å². The van der Waals surface area contributed by atoms with E-state index in [0.29, 0.717) is 17.9 Å². The number of ether oxygens (including phenoxy) is 1. The summed E-state index contributed by atoms with van der Waals surface area (Å²) in [5, 5.41) is 2.34. The first-order valence-electron chi connectivity index (χ1n) is 7.81. The Labute approximate surface area is 151 Å². The van der Waals surface area contributed by atoms with E-state index in [2.05, 4.69) is 16.2 Å². The molecule has 0 aliphatic heterocycles. The number of carbonyl (C=O) groups excluding carboxylic acids is 3. The van der Waals surface area contributed by atoms with Crippen molar-refractivity contribution in [3.8, 4) is 5.75 Å². The molecule has 0 aromatic heterocycles. The molecule has 1 atom stereocenters. The van der Waals surface area contributed by atoms with E-state index in [-0.39, 0.29) is 6.61 Å². The van der Waals surface area contributed by atoms with Crippen molar-refractivity contribution in [1.29, 1.82) is 0 Å². The van der Waals surface area contributed by atoms with Gasteiger partial charge in [-0.05, 0) is 42.5 Å². The number of hydrazine groups is 1. The maximum atomic E-state index is 12.0. The third-order valence-electron chi connectivity index (χ3n) is 3.27. The molecule has 0 unspecified atom stereocenters. The molecule has 138 valence electrons. The lowest BCUT2D eigenvalue weighted by Gasteiger charge is -2.17. The van der Waals surface area contributed by atoms with Crippen LogP contribution >= 0.6 is 11.8 Å².